The summed E-state index contributed by atoms with van der Waals surface area (Å²) in [5.41, 5.74) is -5.19. The fourth-order valence-electron chi connectivity index (χ4n) is 1.82. The Bertz CT molecular complexity index is 1350. The standard InChI is InChI=1S/2C6H11F3.C5H6F6.2C5H9F3.2C5H12.2C4H7F3.4C4H10.C3H8.C2H6/c2*1-3-5(2)4-6(7,8)9;1-3(2,4(6,7)8)5(9,10)11;1-4(2,3)5(6,7)8;1-3-4(2)5(6,7)8;1-4-5(2)3;1-3-5-4-2;2*1-3(2)4(5,6)7;2*1-4(2)3;2*1-3-4-2;1-3-2;1-2/h2*5H,3-4H2,1-2H3;1-2H3;1-3H3;4H,3H2,1-2H3;5H,4H2,1-3H3;3-5H2,1-2H3;2*3H,1-2H3;2*4H,1-3H3;2*3-4H2,1-2H3;3H2,1-2H3;1-2H3/t2*5-;;;;;;;;;;;;;/m00............./s1/i;;;;;;;3D;;4D;;3D2;;;. The van der Waals surface area contributed by atoms with Crippen LogP contribution in [-0.2, 0) is 0 Å². The highest BCUT2D eigenvalue weighted by Gasteiger charge is 2.64. The molecule has 0 aliphatic heterocycles. The molecule has 0 aromatic carbocycles. The first-order valence-electron chi connectivity index (χ1n) is 33.2. The Kier molecular flexibility index (Phi) is 87.8. The lowest BCUT2D eigenvalue weighted by molar-refractivity contribution is -0.327. The predicted octanol–water partition coefficient (Wildman–Crippen LogP) is 32.3. The molecule has 0 amide bonds. The summed E-state index contributed by atoms with van der Waals surface area (Å²) in [5, 5.41) is 0. The van der Waals surface area contributed by atoms with Crippen LogP contribution in [0.25, 0.3) is 0 Å². The van der Waals surface area contributed by atoms with Gasteiger partial charge < -0.3 is 0 Å². The van der Waals surface area contributed by atoms with E-state index in [0.717, 1.165) is 60.3 Å². The van der Waals surface area contributed by atoms with E-state index in [1.54, 1.807) is 34.6 Å². The van der Waals surface area contributed by atoms with Crippen LogP contribution in [0.4, 0.5) is 105 Å². The zero-order valence-electron chi connectivity index (χ0n) is 66.2. The molecule has 0 spiro atoms. The minimum atomic E-state index is -5.24. The van der Waals surface area contributed by atoms with Gasteiger partial charge in [0.1, 0.15) is 0 Å². The Morgan fingerprint density at radius 2 is 0.533 bits per heavy atom. The summed E-state index contributed by atoms with van der Waals surface area (Å²) in [4.78, 5) is 0. The maximum atomic E-state index is 11.6. The van der Waals surface area contributed by atoms with Crippen molar-refractivity contribution in [2.24, 2.45) is 58.1 Å². The largest absolute Gasteiger partial charge is 0.402 e. The summed E-state index contributed by atoms with van der Waals surface area (Å²) in [6, 6.07) is 0. The van der Waals surface area contributed by atoms with Gasteiger partial charge in [0.2, 0.25) is 0 Å². The normalized spacial score (nSPS) is 13.5. The van der Waals surface area contributed by atoms with Crippen molar-refractivity contribution in [3.05, 3.63) is 0 Å². The molecule has 0 aliphatic rings. The lowest BCUT2D eigenvalue weighted by Crippen LogP contribution is -2.44. The number of alkyl halides is 24. The Morgan fingerprint density at radius 3 is 0.544 bits per heavy atom. The van der Waals surface area contributed by atoms with Gasteiger partial charge in [0.05, 0.1) is 11.3 Å². The highest BCUT2D eigenvalue weighted by Crippen LogP contribution is 2.49. The molecule has 0 bridgehead atoms. The molecular weight excluding hydrogens is 1250 g/mol. The molecule has 0 aromatic rings. The van der Waals surface area contributed by atoms with E-state index in [0.29, 0.717) is 19.3 Å². The highest BCUT2D eigenvalue weighted by atomic mass is 19.4. The minimum absolute atomic E-state index is 0.104. The van der Waals surface area contributed by atoms with Crippen LogP contribution in [0.1, 0.15) is 331 Å². The Hall–Kier alpha value is -1.68. The number of halogens is 24. The Labute approximate surface area is 542 Å². The summed E-state index contributed by atoms with van der Waals surface area (Å²) in [7, 11) is 0. The zero-order valence-corrected chi connectivity index (χ0v) is 62.2. The van der Waals surface area contributed by atoms with Gasteiger partial charge in [0, 0.05) is 30.1 Å². The molecule has 0 aliphatic carbocycles. The maximum Gasteiger partial charge on any atom is 0.402 e. The minimum Gasteiger partial charge on any atom is -0.171 e. The topological polar surface area (TPSA) is 0 Å². The van der Waals surface area contributed by atoms with Crippen LogP contribution in [0.15, 0.2) is 0 Å². The second-order valence-corrected chi connectivity index (χ2v) is 23.9. The van der Waals surface area contributed by atoms with E-state index in [1.165, 1.54) is 58.8 Å². The molecule has 0 rings (SSSR count). The third kappa shape index (κ3) is 147. The monoisotopic (exact) mass is 1390 g/mol. The molecule has 0 fully saturated rings. The van der Waals surface area contributed by atoms with Gasteiger partial charge in [-0.1, -0.05) is 292 Å². The van der Waals surface area contributed by atoms with E-state index in [1.807, 2.05) is 41.5 Å². The van der Waals surface area contributed by atoms with Crippen molar-refractivity contribution in [2.75, 3.05) is 0 Å². The lowest BCUT2D eigenvalue weighted by Gasteiger charge is -2.29. The van der Waals surface area contributed by atoms with Crippen LogP contribution in [0.3, 0.4) is 0 Å². The van der Waals surface area contributed by atoms with Crippen molar-refractivity contribution in [3.8, 4) is 0 Å². The Morgan fingerprint density at radius 1 is 0.344 bits per heavy atom. The van der Waals surface area contributed by atoms with E-state index in [2.05, 4.69) is 83.1 Å². The molecule has 0 saturated heterocycles. The third-order valence-corrected chi connectivity index (χ3v) is 9.59. The van der Waals surface area contributed by atoms with Crippen molar-refractivity contribution < 1.29 is 111 Å². The fourth-order valence-corrected chi connectivity index (χ4v) is 1.82. The van der Waals surface area contributed by atoms with Crippen molar-refractivity contribution in [1.29, 1.82) is 0 Å². The molecule has 0 aromatic heterocycles. The molecule has 24 heteroatoms. The number of hydrogen-bond donors (Lipinski definition) is 0. The van der Waals surface area contributed by atoms with Gasteiger partial charge in [-0.2, -0.15) is 105 Å². The van der Waals surface area contributed by atoms with Gasteiger partial charge in [0.25, 0.3) is 0 Å². The van der Waals surface area contributed by atoms with E-state index >= 15 is 0 Å². The SMILES string of the molecule is CC.CC(C)(C(F)(F)F)C(F)(F)F.CC(C)(C)C(F)(F)F.CC(C)C.CC(C)C(F)(F)F.CCC.CCC(C)C.CCC(C)C(F)(F)F.CCCC.CCCCC.CC[C@H](C)CC(F)(F)F.CC[C@H](C)CC(F)(F)F.[2H]C(C)(C)C.[2H]C(C)(C)C(F)(F)F.[2H]C([2H])(C)CC. The molecule has 90 heavy (non-hydrogen) atoms. The first kappa shape index (κ1) is 113. The summed E-state index contributed by atoms with van der Waals surface area (Å²) >= 11 is 0. The molecule has 0 N–H and O–H groups in total. The van der Waals surface area contributed by atoms with Crippen LogP contribution >= 0.6 is 0 Å². The van der Waals surface area contributed by atoms with Gasteiger partial charge in [-0.25, -0.2) is 0 Å². The van der Waals surface area contributed by atoms with Gasteiger partial charge in [-0.3, -0.25) is 0 Å². The third-order valence-electron chi connectivity index (χ3n) is 9.59. The summed E-state index contributed by atoms with van der Waals surface area (Å²) < 4.78 is 302. The van der Waals surface area contributed by atoms with E-state index in [9.17, 15) is 105 Å². The fraction of sp³-hybridized carbons (Fsp3) is 1.00. The molecule has 0 radical (unpaired) electrons. The molecule has 570 valence electrons. The molecule has 0 heterocycles. The average molecular weight is 1390 g/mol. The quantitative estimate of drug-likeness (QED) is 0.191. The van der Waals surface area contributed by atoms with E-state index in [4.69, 9.17) is 5.48 Å². The van der Waals surface area contributed by atoms with Crippen molar-refractivity contribution in [3.63, 3.8) is 0 Å². The number of hydrogen-bond acceptors (Lipinski definition) is 0. The van der Waals surface area contributed by atoms with Crippen LogP contribution in [0, 0.1) is 58.1 Å². The van der Waals surface area contributed by atoms with Crippen LogP contribution < -0.4 is 0 Å². The van der Waals surface area contributed by atoms with Crippen molar-refractivity contribution in [2.45, 2.75) is 375 Å². The van der Waals surface area contributed by atoms with Crippen LogP contribution in [0.2, 0.25) is 0 Å². The van der Waals surface area contributed by atoms with E-state index in [-0.39, 0.29) is 38.0 Å². The second-order valence-electron chi connectivity index (χ2n) is 23.9. The first-order valence-corrected chi connectivity index (χ1v) is 31.2. The summed E-state index contributed by atoms with van der Waals surface area (Å²) in [5.74, 6) is -3.66. The molecule has 0 nitrogen and oxygen atoms in total. The average Bonchev–Trinajstić information content (AvgIpc) is 0.918. The van der Waals surface area contributed by atoms with Gasteiger partial charge >= 0.3 is 49.4 Å². The lowest BCUT2D eigenvalue weighted by atomic mass is 9.92. The summed E-state index contributed by atoms with van der Waals surface area (Å²) in [6.07, 6.45) is -25.9. The predicted molar refractivity (Wildman–Crippen MR) is 339 cm³/mol. The van der Waals surface area contributed by atoms with Gasteiger partial charge in [-0.15, -0.1) is 0 Å². The second kappa shape index (κ2) is 70.1. The smallest absolute Gasteiger partial charge is 0.171 e. The first-order chi connectivity index (χ1) is 40.6. The van der Waals surface area contributed by atoms with Gasteiger partial charge in [-0.05, 0) is 49.8 Å². The van der Waals surface area contributed by atoms with Crippen molar-refractivity contribution >= 4 is 0 Å². The Balaban J connectivity index is -0.0000000555. The number of rotatable bonds is 10. The molecule has 3 atom stereocenters. The molecule has 0 saturated carbocycles. The molecule has 1 unspecified atom stereocenters. The molecular formula is C66H138F24. The van der Waals surface area contributed by atoms with Crippen LogP contribution in [-0.4, -0.2) is 49.4 Å². The van der Waals surface area contributed by atoms with Gasteiger partial charge in [0.15, 0.2) is 5.41 Å². The van der Waals surface area contributed by atoms with E-state index < -0.39 is 97.2 Å². The summed E-state index contributed by atoms with van der Waals surface area (Å²) in [6.45, 7) is 56.1. The maximum absolute atomic E-state index is 11.6. The highest BCUT2D eigenvalue weighted by molar-refractivity contribution is 4.84. The number of unbranched alkanes of at least 4 members (excludes halogenated alkanes) is 3. The van der Waals surface area contributed by atoms with Crippen molar-refractivity contribution in [1.82, 2.24) is 0 Å². The van der Waals surface area contributed by atoms with Crippen LogP contribution in [0.5, 0.6) is 0 Å². The zero-order chi connectivity index (χ0) is 81.2.